The smallest absolute Gasteiger partial charge is 0.187 e. The topological polar surface area (TPSA) is 87.4 Å². The Hall–Kier alpha value is -2.70. The highest BCUT2D eigenvalue weighted by atomic mass is 15.5. The molecule has 0 unspecified atom stereocenters. The van der Waals surface area contributed by atoms with Crippen LogP contribution in [0, 0.1) is 0 Å². The maximum atomic E-state index is 5.71. The summed E-state index contributed by atoms with van der Waals surface area (Å²) in [6, 6.07) is 7.47. The molecule has 7 heteroatoms. The Bertz CT molecular complexity index is 724. The zero-order valence-corrected chi connectivity index (χ0v) is 11.4. The molecule has 0 aliphatic carbocycles. The SMILES string of the molecule is CCc1nn(C)cc1-n1nnnc1-c1ccc(N)cc1. The zero-order valence-electron chi connectivity index (χ0n) is 11.4. The molecule has 0 saturated heterocycles. The molecule has 2 heterocycles. The monoisotopic (exact) mass is 269 g/mol. The summed E-state index contributed by atoms with van der Waals surface area (Å²) in [5.74, 6) is 0.674. The number of aromatic nitrogens is 6. The average molecular weight is 269 g/mol. The second-order valence-corrected chi connectivity index (χ2v) is 4.52. The summed E-state index contributed by atoms with van der Waals surface area (Å²) in [5.41, 5.74) is 9.18. The van der Waals surface area contributed by atoms with Crippen LogP contribution in [-0.2, 0) is 13.5 Å². The fraction of sp³-hybridized carbons (Fsp3) is 0.231. The molecule has 0 aliphatic rings. The molecule has 0 aliphatic heterocycles. The molecule has 3 rings (SSSR count). The van der Waals surface area contributed by atoms with E-state index in [1.165, 1.54) is 0 Å². The predicted molar refractivity (Wildman–Crippen MR) is 75.1 cm³/mol. The van der Waals surface area contributed by atoms with Gasteiger partial charge in [0.1, 0.15) is 5.69 Å². The van der Waals surface area contributed by atoms with Crippen LogP contribution in [0.25, 0.3) is 17.1 Å². The maximum absolute atomic E-state index is 5.71. The van der Waals surface area contributed by atoms with E-state index < -0.39 is 0 Å². The Morgan fingerprint density at radius 1 is 1.20 bits per heavy atom. The minimum atomic E-state index is 0.674. The highest BCUT2D eigenvalue weighted by Gasteiger charge is 2.15. The molecule has 0 atom stereocenters. The van der Waals surface area contributed by atoms with E-state index in [0.717, 1.165) is 23.4 Å². The van der Waals surface area contributed by atoms with Crippen molar-refractivity contribution in [2.45, 2.75) is 13.3 Å². The number of aryl methyl sites for hydroxylation is 2. The van der Waals surface area contributed by atoms with Gasteiger partial charge in [-0.2, -0.15) is 9.78 Å². The molecule has 2 aromatic heterocycles. The van der Waals surface area contributed by atoms with Gasteiger partial charge < -0.3 is 5.73 Å². The van der Waals surface area contributed by atoms with Gasteiger partial charge in [-0.15, -0.1) is 5.10 Å². The molecular weight excluding hydrogens is 254 g/mol. The molecule has 0 fully saturated rings. The first-order chi connectivity index (χ1) is 9.69. The number of hydrogen-bond acceptors (Lipinski definition) is 5. The number of nitrogens with two attached hydrogens (primary N) is 1. The van der Waals surface area contributed by atoms with Crippen molar-refractivity contribution in [1.29, 1.82) is 0 Å². The zero-order chi connectivity index (χ0) is 14.1. The summed E-state index contributed by atoms with van der Waals surface area (Å²) in [6.45, 7) is 2.05. The highest BCUT2D eigenvalue weighted by Crippen LogP contribution is 2.22. The number of rotatable bonds is 3. The minimum Gasteiger partial charge on any atom is -0.399 e. The third-order valence-corrected chi connectivity index (χ3v) is 3.08. The molecule has 0 bridgehead atoms. The lowest BCUT2D eigenvalue weighted by atomic mass is 10.2. The minimum absolute atomic E-state index is 0.674. The van der Waals surface area contributed by atoms with E-state index in [1.807, 2.05) is 37.5 Å². The molecule has 2 N–H and O–H groups in total. The summed E-state index contributed by atoms with van der Waals surface area (Å²) >= 11 is 0. The van der Waals surface area contributed by atoms with Crippen LogP contribution in [0.4, 0.5) is 5.69 Å². The Balaban J connectivity index is 2.12. The Labute approximate surface area is 116 Å². The molecule has 20 heavy (non-hydrogen) atoms. The lowest BCUT2D eigenvalue weighted by Gasteiger charge is -2.04. The fourth-order valence-electron chi connectivity index (χ4n) is 2.11. The largest absolute Gasteiger partial charge is 0.399 e. The van der Waals surface area contributed by atoms with Gasteiger partial charge in [-0.25, -0.2) is 0 Å². The maximum Gasteiger partial charge on any atom is 0.187 e. The van der Waals surface area contributed by atoms with Crippen LogP contribution in [0.1, 0.15) is 12.6 Å². The lowest BCUT2D eigenvalue weighted by molar-refractivity contribution is 0.746. The van der Waals surface area contributed by atoms with Crippen LogP contribution in [0.2, 0.25) is 0 Å². The van der Waals surface area contributed by atoms with E-state index in [9.17, 15) is 0 Å². The van der Waals surface area contributed by atoms with Crippen LogP contribution in [0.5, 0.6) is 0 Å². The Morgan fingerprint density at radius 3 is 2.65 bits per heavy atom. The van der Waals surface area contributed by atoms with Gasteiger partial charge in [-0.05, 0) is 41.1 Å². The van der Waals surface area contributed by atoms with Gasteiger partial charge in [0.05, 0.1) is 11.9 Å². The van der Waals surface area contributed by atoms with Crippen molar-refractivity contribution in [1.82, 2.24) is 30.0 Å². The number of benzene rings is 1. The van der Waals surface area contributed by atoms with Gasteiger partial charge in [0.15, 0.2) is 5.82 Å². The average Bonchev–Trinajstić information content (AvgIpc) is 3.05. The van der Waals surface area contributed by atoms with E-state index in [-0.39, 0.29) is 0 Å². The first-order valence-electron chi connectivity index (χ1n) is 6.36. The molecular formula is C13H15N7. The first-order valence-corrected chi connectivity index (χ1v) is 6.36. The van der Waals surface area contributed by atoms with E-state index in [0.29, 0.717) is 11.5 Å². The van der Waals surface area contributed by atoms with Crippen LogP contribution in [-0.4, -0.2) is 30.0 Å². The van der Waals surface area contributed by atoms with Crippen LogP contribution < -0.4 is 5.73 Å². The summed E-state index contributed by atoms with van der Waals surface area (Å²) in [6.07, 6.45) is 2.73. The van der Waals surface area contributed by atoms with Gasteiger partial charge in [-0.3, -0.25) is 4.68 Å². The van der Waals surface area contributed by atoms with E-state index in [4.69, 9.17) is 5.73 Å². The van der Waals surface area contributed by atoms with E-state index in [1.54, 1.807) is 9.36 Å². The van der Waals surface area contributed by atoms with Gasteiger partial charge in [0, 0.05) is 18.3 Å². The van der Waals surface area contributed by atoms with Crippen molar-refractivity contribution in [3.05, 3.63) is 36.2 Å². The molecule has 0 saturated carbocycles. The number of anilines is 1. The Kier molecular flexibility index (Phi) is 2.94. The van der Waals surface area contributed by atoms with E-state index in [2.05, 4.69) is 27.5 Å². The second kappa shape index (κ2) is 4.76. The van der Waals surface area contributed by atoms with Crippen molar-refractivity contribution >= 4 is 5.69 Å². The first kappa shape index (κ1) is 12.3. The lowest BCUT2D eigenvalue weighted by Crippen LogP contribution is -2.02. The molecule has 0 amide bonds. The summed E-state index contributed by atoms with van der Waals surface area (Å²) in [7, 11) is 1.88. The molecule has 3 aromatic rings. The van der Waals surface area contributed by atoms with Crippen molar-refractivity contribution < 1.29 is 0 Å². The number of hydrogen-bond donors (Lipinski definition) is 1. The molecule has 0 radical (unpaired) electrons. The summed E-state index contributed by atoms with van der Waals surface area (Å²) in [4.78, 5) is 0. The van der Waals surface area contributed by atoms with Crippen molar-refractivity contribution in [2.24, 2.45) is 7.05 Å². The molecule has 7 nitrogen and oxygen atoms in total. The number of nitrogen functional groups attached to an aromatic ring is 1. The second-order valence-electron chi connectivity index (χ2n) is 4.52. The van der Waals surface area contributed by atoms with Gasteiger partial charge >= 0.3 is 0 Å². The van der Waals surface area contributed by atoms with Gasteiger partial charge in [0.25, 0.3) is 0 Å². The molecule has 102 valence electrons. The van der Waals surface area contributed by atoms with Gasteiger partial charge in [0.2, 0.25) is 0 Å². The standard InChI is InChI=1S/C13H15N7/c1-3-11-12(8-19(2)16-11)20-13(15-17-18-20)9-4-6-10(14)7-5-9/h4-8H,3,14H2,1-2H3. The highest BCUT2D eigenvalue weighted by molar-refractivity contribution is 5.60. The van der Waals surface area contributed by atoms with Crippen LogP contribution in [0.15, 0.2) is 30.5 Å². The van der Waals surface area contributed by atoms with Crippen LogP contribution in [0.3, 0.4) is 0 Å². The summed E-state index contributed by atoms with van der Waals surface area (Å²) < 4.78 is 3.47. The summed E-state index contributed by atoms with van der Waals surface area (Å²) in [5, 5.41) is 16.4. The van der Waals surface area contributed by atoms with Crippen molar-refractivity contribution in [2.75, 3.05) is 5.73 Å². The number of tetrazole rings is 1. The quantitative estimate of drug-likeness (QED) is 0.722. The normalized spacial score (nSPS) is 10.9. The Morgan fingerprint density at radius 2 is 1.95 bits per heavy atom. The van der Waals surface area contributed by atoms with Gasteiger partial charge in [-0.1, -0.05) is 6.92 Å². The van der Waals surface area contributed by atoms with Crippen molar-refractivity contribution in [3.8, 4) is 17.1 Å². The predicted octanol–water partition coefficient (Wildman–Crippen LogP) is 1.21. The van der Waals surface area contributed by atoms with E-state index >= 15 is 0 Å². The third-order valence-electron chi connectivity index (χ3n) is 3.08. The molecule has 0 spiro atoms. The van der Waals surface area contributed by atoms with Crippen LogP contribution >= 0.6 is 0 Å². The molecule has 1 aromatic carbocycles. The fourth-order valence-corrected chi connectivity index (χ4v) is 2.11. The van der Waals surface area contributed by atoms with Crippen molar-refractivity contribution in [3.63, 3.8) is 0 Å². The number of nitrogens with zero attached hydrogens (tertiary/aromatic N) is 6. The third kappa shape index (κ3) is 2.03.